The molecule has 0 atom stereocenters. The van der Waals surface area contributed by atoms with Crippen molar-refractivity contribution in [1.29, 1.82) is 10.8 Å². The predicted molar refractivity (Wildman–Crippen MR) is 212 cm³/mol. The van der Waals surface area contributed by atoms with Gasteiger partial charge < -0.3 is 19.5 Å². The van der Waals surface area contributed by atoms with Crippen LogP contribution >= 0.6 is 11.8 Å². The molecule has 0 saturated heterocycles. The Labute approximate surface area is 311 Å². The molecule has 1 aliphatic rings. The van der Waals surface area contributed by atoms with Gasteiger partial charge in [-0.05, 0) is 102 Å². The fourth-order valence-electron chi connectivity index (χ4n) is 6.65. The Morgan fingerprint density at radius 3 is 2.37 bits per heavy atom. The molecule has 0 fully saturated rings. The first-order valence-corrected chi connectivity index (χ1v) is 18.9. The number of aryl methyl sites for hydroxylation is 1. The molecule has 3 N–H and O–H groups in total. The van der Waals surface area contributed by atoms with Gasteiger partial charge in [0, 0.05) is 38.5 Å². The number of fused-ring (bicyclic) bond motifs is 2. The van der Waals surface area contributed by atoms with Crippen molar-refractivity contribution in [2.75, 3.05) is 19.8 Å². The first-order chi connectivity index (χ1) is 25.1. The van der Waals surface area contributed by atoms with E-state index in [2.05, 4.69) is 87.6 Å². The topological polar surface area (TPSA) is 104 Å². The number of esters is 1. The molecule has 7 nitrogen and oxygen atoms in total. The van der Waals surface area contributed by atoms with Gasteiger partial charge in [-0.15, -0.1) is 0 Å². The second kappa shape index (κ2) is 16.2. The molecule has 0 spiro atoms. The third-order valence-corrected chi connectivity index (χ3v) is 10.5. The number of benzene rings is 5. The zero-order valence-corrected chi connectivity index (χ0v) is 31.5. The highest BCUT2D eigenvalue weighted by Gasteiger charge is 2.30. The summed E-state index contributed by atoms with van der Waals surface area (Å²) in [7, 11) is 0. The maximum atomic E-state index is 13.0. The lowest BCUT2D eigenvalue weighted by Gasteiger charge is -2.27. The molecule has 1 heterocycles. The van der Waals surface area contributed by atoms with Gasteiger partial charge in [0.05, 0.1) is 12.2 Å². The Morgan fingerprint density at radius 1 is 0.827 bits per heavy atom. The van der Waals surface area contributed by atoms with E-state index in [1.807, 2.05) is 25.1 Å². The normalized spacial score (nSPS) is 12.6. The van der Waals surface area contributed by atoms with E-state index in [1.165, 1.54) is 5.56 Å². The van der Waals surface area contributed by atoms with Crippen LogP contribution in [-0.4, -0.2) is 37.5 Å². The summed E-state index contributed by atoms with van der Waals surface area (Å²) < 4.78 is 17.6. The lowest BCUT2D eigenvalue weighted by Crippen LogP contribution is -2.20. The molecular weight excluding hydrogens is 667 g/mol. The molecular formula is C44H47N3O4S. The van der Waals surface area contributed by atoms with Gasteiger partial charge in [0.1, 0.15) is 29.8 Å². The van der Waals surface area contributed by atoms with Crippen molar-refractivity contribution >= 4 is 40.2 Å². The third kappa shape index (κ3) is 8.09. The largest absolute Gasteiger partial charge is 0.460 e. The van der Waals surface area contributed by atoms with Gasteiger partial charge in [-0.2, -0.15) is 0 Å². The van der Waals surface area contributed by atoms with Gasteiger partial charge in [-0.25, -0.2) is 4.79 Å². The second-order valence-corrected chi connectivity index (χ2v) is 14.8. The quantitative estimate of drug-likeness (QED) is 0.0737. The fourth-order valence-corrected chi connectivity index (χ4v) is 7.62. The van der Waals surface area contributed by atoms with Gasteiger partial charge in [-0.1, -0.05) is 88.7 Å². The minimum atomic E-state index is -0.445. The zero-order chi connectivity index (χ0) is 36.8. The number of rotatable bonds is 15. The Kier molecular flexibility index (Phi) is 11.5. The molecule has 5 aromatic rings. The lowest BCUT2D eigenvalue weighted by molar-refractivity contribution is 0.0335. The van der Waals surface area contributed by atoms with E-state index >= 15 is 0 Å². The van der Waals surface area contributed by atoms with Gasteiger partial charge in [0.25, 0.3) is 0 Å². The van der Waals surface area contributed by atoms with Crippen molar-refractivity contribution in [3.63, 3.8) is 0 Å². The van der Waals surface area contributed by atoms with Gasteiger partial charge in [-0.3, -0.25) is 10.8 Å². The number of amidine groups is 2. The summed E-state index contributed by atoms with van der Waals surface area (Å²) in [5.41, 5.74) is 5.74. The van der Waals surface area contributed by atoms with E-state index in [0.717, 1.165) is 62.9 Å². The van der Waals surface area contributed by atoms with E-state index < -0.39 is 5.97 Å². The predicted octanol–water partition coefficient (Wildman–Crippen LogP) is 10.9. The number of ether oxygens (including phenoxy) is 3. The van der Waals surface area contributed by atoms with Crippen molar-refractivity contribution in [3.05, 3.63) is 119 Å². The standard InChI is InChI=1S/C44H47N3O4S/c1-6-9-19-44(4,5)32-23-31-26-36-40(42(46)47-41(36)45)39(29-14-12-18-35(25-29)52-34-17-10-13-28(7-2)22-34)38(31)37(27-32)51-33-16-11-15-30(24-33)43(48)50-21-20-49-8-3/h10-18,22-27H,6-9,19-21H2,1-5H3,(H3,45,46,47). The Morgan fingerprint density at radius 2 is 1.60 bits per heavy atom. The molecule has 52 heavy (non-hydrogen) atoms. The number of hydrogen-bond acceptors (Lipinski definition) is 7. The molecule has 5 aromatic carbocycles. The molecule has 0 amide bonds. The molecule has 0 aliphatic carbocycles. The first-order valence-electron chi connectivity index (χ1n) is 18.1. The van der Waals surface area contributed by atoms with Crippen LogP contribution in [-0.2, 0) is 21.3 Å². The Hall–Kier alpha value is -4.92. The maximum absolute atomic E-state index is 13.0. The molecule has 0 bridgehead atoms. The summed E-state index contributed by atoms with van der Waals surface area (Å²) in [5.74, 6) is 1.06. The van der Waals surface area contributed by atoms with Crippen molar-refractivity contribution in [3.8, 4) is 22.6 Å². The molecule has 1 aliphatic heterocycles. The summed E-state index contributed by atoms with van der Waals surface area (Å²) in [6.45, 7) is 11.8. The highest BCUT2D eigenvalue weighted by molar-refractivity contribution is 7.99. The molecule has 268 valence electrons. The SMILES string of the molecule is CCCCC(C)(C)c1cc(Oc2cccc(C(=O)OCCOCC)c2)c2c(-c3cccc(Sc4cccc(CC)c4)c3)c3c(cc2c1)C(=N)NC3=N. The number of carbonyl (C=O) groups is 1. The highest BCUT2D eigenvalue weighted by Crippen LogP contribution is 2.46. The molecule has 6 rings (SSSR count). The maximum Gasteiger partial charge on any atom is 0.338 e. The van der Waals surface area contributed by atoms with Crippen molar-refractivity contribution in [1.82, 2.24) is 5.32 Å². The van der Waals surface area contributed by atoms with Gasteiger partial charge in [0.2, 0.25) is 0 Å². The monoisotopic (exact) mass is 713 g/mol. The van der Waals surface area contributed by atoms with Gasteiger partial charge in [0.15, 0.2) is 0 Å². The van der Waals surface area contributed by atoms with Crippen LogP contribution in [0.3, 0.4) is 0 Å². The smallest absolute Gasteiger partial charge is 0.338 e. The van der Waals surface area contributed by atoms with Crippen LogP contribution in [0.5, 0.6) is 11.5 Å². The number of carbonyl (C=O) groups excluding carboxylic acids is 1. The number of nitrogens with one attached hydrogen (secondary N) is 3. The van der Waals surface area contributed by atoms with E-state index in [0.29, 0.717) is 41.4 Å². The summed E-state index contributed by atoms with van der Waals surface area (Å²) in [5, 5.41) is 22.6. The fraction of sp³-hybridized carbons (Fsp3) is 0.295. The van der Waals surface area contributed by atoms with E-state index in [-0.39, 0.29) is 23.7 Å². The molecule has 8 heteroatoms. The van der Waals surface area contributed by atoms with Gasteiger partial charge >= 0.3 is 5.97 Å². The first kappa shape index (κ1) is 36.9. The van der Waals surface area contributed by atoms with E-state index in [9.17, 15) is 4.79 Å². The minimum absolute atomic E-state index is 0.157. The van der Waals surface area contributed by atoms with Crippen molar-refractivity contribution in [2.24, 2.45) is 0 Å². The zero-order valence-electron chi connectivity index (χ0n) is 30.7. The molecule has 0 radical (unpaired) electrons. The highest BCUT2D eigenvalue weighted by atomic mass is 32.2. The molecule has 0 unspecified atom stereocenters. The Balaban J connectivity index is 1.53. The molecule has 0 saturated carbocycles. The average Bonchev–Trinajstić information content (AvgIpc) is 3.43. The average molecular weight is 714 g/mol. The van der Waals surface area contributed by atoms with Crippen LogP contribution in [0, 0.1) is 10.8 Å². The van der Waals surface area contributed by atoms with Crippen LogP contribution in [0.1, 0.15) is 86.5 Å². The number of hydrogen-bond donors (Lipinski definition) is 3. The summed E-state index contributed by atoms with van der Waals surface area (Å²) >= 11 is 1.70. The lowest BCUT2D eigenvalue weighted by atomic mass is 9.78. The van der Waals surface area contributed by atoms with Crippen molar-refractivity contribution < 1.29 is 19.0 Å². The molecule has 0 aromatic heterocycles. The summed E-state index contributed by atoms with van der Waals surface area (Å²) in [4.78, 5) is 15.2. The van der Waals surface area contributed by atoms with E-state index in [1.54, 1.807) is 30.0 Å². The van der Waals surface area contributed by atoms with Crippen LogP contribution in [0.4, 0.5) is 0 Å². The van der Waals surface area contributed by atoms with Crippen molar-refractivity contribution in [2.45, 2.75) is 75.5 Å². The van der Waals surface area contributed by atoms with E-state index in [4.69, 9.17) is 25.0 Å². The van der Waals surface area contributed by atoms with Crippen LogP contribution in [0.2, 0.25) is 0 Å². The minimum Gasteiger partial charge on any atom is -0.460 e. The Bertz CT molecular complexity index is 2140. The van der Waals surface area contributed by atoms with Crippen LogP contribution < -0.4 is 10.1 Å². The summed E-state index contributed by atoms with van der Waals surface area (Å²) in [6, 6.07) is 30.4. The summed E-state index contributed by atoms with van der Waals surface area (Å²) in [6.07, 6.45) is 4.14. The third-order valence-electron chi connectivity index (χ3n) is 9.54. The second-order valence-electron chi connectivity index (χ2n) is 13.7. The van der Waals surface area contributed by atoms with Crippen LogP contribution in [0.25, 0.3) is 21.9 Å². The van der Waals surface area contributed by atoms with Crippen LogP contribution in [0.15, 0.2) is 101 Å². The number of unbranched alkanes of at least 4 members (excludes halogenated alkanes) is 1.